The molecule has 0 radical (unpaired) electrons. The van der Waals surface area contributed by atoms with Gasteiger partial charge in [-0.05, 0) is 43.1 Å². The Morgan fingerprint density at radius 3 is 2.80 bits per heavy atom. The average molecular weight is 294 g/mol. The van der Waals surface area contributed by atoms with Crippen molar-refractivity contribution < 1.29 is 4.79 Å². The molecule has 2 aliphatic rings. The Labute approximate surface area is 123 Å². The zero-order chi connectivity index (χ0) is 14.1. The van der Waals surface area contributed by atoms with Gasteiger partial charge in [-0.15, -0.1) is 0 Å². The first-order valence-electron chi connectivity index (χ1n) is 7.46. The smallest absolute Gasteiger partial charge is 0.258 e. The molecule has 2 fully saturated rings. The maximum atomic E-state index is 12.2. The average Bonchev–Trinajstić information content (AvgIpc) is 3.13. The van der Waals surface area contributed by atoms with E-state index in [1.807, 2.05) is 0 Å². The molecular formula is C14H22N4OS. The van der Waals surface area contributed by atoms with Gasteiger partial charge in [0.25, 0.3) is 5.91 Å². The summed E-state index contributed by atoms with van der Waals surface area (Å²) in [6.07, 6.45) is 7.01. The highest BCUT2D eigenvalue weighted by Crippen LogP contribution is 2.32. The summed E-state index contributed by atoms with van der Waals surface area (Å²) in [6, 6.07) is 0.774. The van der Waals surface area contributed by atoms with E-state index in [0.717, 1.165) is 36.6 Å². The molecule has 2 saturated carbocycles. The summed E-state index contributed by atoms with van der Waals surface area (Å²) in [6.45, 7) is 2.29. The molecule has 2 aliphatic carbocycles. The largest absolute Gasteiger partial charge is 0.382 e. The fraction of sp³-hybridized carbons (Fsp3) is 0.714. The molecule has 0 spiro atoms. The SMILES string of the molecule is CC1CCCC(Nc2snc(N)c2C(=O)NC2CC2)C1. The van der Waals surface area contributed by atoms with Crippen molar-refractivity contribution in [2.24, 2.45) is 5.92 Å². The lowest BCUT2D eigenvalue weighted by atomic mass is 9.87. The molecule has 1 amide bonds. The van der Waals surface area contributed by atoms with Gasteiger partial charge in [0.15, 0.2) is 5.82 Å². The van der Waals surface area contributed by atoms with Gasteiger partial charge >= 0.3 is 0 Å². The summed E-state index contributed by atoms with van der Waals surface area (Å²) >= 11 is 1.30. The Kier molecular flexibility index (Phi) is 3.83. The molecule has 1 aromatic rings. The van der Waals surface area contributed by atoms with Crippen molar-refractivity contribution in [3.63, 3.8) is 0 Å². The minimum atomic E-state index is -0.0786. The molecule has 110 valence electrons. The molecular weight excluding hydrogens is 272 g/mol. The lowest BCUT2D eigenvalue weighted by Crippen LogP contribution is -2.29. The van der Waals surface area contributed by atoms with Gasteiger partial charge in [0.05, 0.1) is 0 Å². The molecule has 6 heteroatoms. The van der Waals surface area contributed by atoms with Crippen molar-refractivity contribution >= 4 is 28.3 Å². The number of carbonyl (C=O) groups is 1. The first-order chi connectivity index (χ1) is 9.63. The van der Waals surface area contributed by atoms with Gasteiger partial charge in [-0.3, -0.25) is 4.79 Å². The lowest BCUT2D eigenvalue weighted by Gasteiger charge is -2.27. The van der Waals surface area contributed by atoms with Crippen molar-refractivity contribution in [1.29, 1.82) is 0 Å². The summed E-state index contributed by atoms with van der Waals surface area (Å²) in [5.41, 5.74) is 6.41. The van der Waals surface area contributed by atoms with Crippen LogP contribution in [0.5, 0.6) is 0 Å². The minimum absolute atomic E-state index is 0.0786. The van der Waals surface area contributed by atoms with Gasteiger partial charge in [0.2, 0.25) is 0 Å². The van der Waals surface area contributed by atoms with E-state index in [1.54, 1.807) is 0 Å². The third-order valence-electron chi connectivity index (χ3n) is 4.13. The van der Waals surface area contributed by atoms with Crippen LogP contribution in [0, 0.1) is 5.92 Å². The first kappa shape index (κ1) is 13.7. The van der Waals surface area contributed by atoms with Crippen LogP contribution in [-0.4, -0.2) is 22.4 Å². The van der Waals surface area contributed by atoms with Crippen LogP contribution in [0.25, 0.3) is 0 Å². The number of nitrogens with zero attached hydrogens (tertiary/aromatic N) is 1. The topological polar surface area (TPSA) is 80.0 Å². The second-order valence-electron chi connectivity index (χ2n) is 6.13. The van der Waals surface area contributed by atoms with E-state index in [9.17, 15) is 4.79 Å². The summed E-state index contributed by atoms with van der Waals surface area (Å²) in [5.74, 6) is 1.01. The summed E-state index contributed by atoms with van der Waals surface area (Å²) in [5, 5.41) is 7.31. The van der Waals surface area contributed by atoms with Gasteiger partial charge in [-0.25, -0.2) is 0 Å². The zero-order valence-corrected chi connectivity index (χ0v) is 12.6. The quantitative estimate of drug-likeness (QED) is 0.797. The van der Waals surface area contributed by atoms with Crippen LogP contribution in [0.4, 0.5) is 10.8 Å². The number of rotatable bonds is 4. The molecule has 0 bridgehead atoms. The summed E-state index contributed by atoms with van der Waals surface area (Å²) < 4.78 is 4.15. The van der Waals surface area contributed by atoms with Crippen LogP contribution in [0.15, 0.2) is 0 Å². The second-order valence-corrected chi connectivity index (χ2v) is 6.91. The number of nitrogen functional groups attached to an aromatic ring is 1. The minimum Gasteiger partial charge on any atom is -0.382 e. The van der Waals surface area contributed by atoms with E-state index in [1.165, 1.54) is 24.4 Å². The highest BCUT2D eigenvalue weighted by molar-refractivity contribution is 7.11. The molecule has 0 aliphatic heterocycles. The van der Waals surface area contributed by atoms with Gasteiger partial charge in [0.1, 0.15) is 10.6 Å². The van der Waals surface area contributed by atoms with E-state index in [-0.39, 0.29) is 5.91 Å². The number of hydrogen-bond donors (Lipinski definition) is 3. The van der Waals surface area contributed by atoms with Crippen LogP contribution in [0.2, 0.25) is 0 Å². The first-order valence-corrected chi connectivity index (χ1v) is 8.23. The van der Waals surface area contributed by atoms with Crippen molar-refractivity contribution in [2.75, 3.05) is 11.1 Å². The van der Waals surface area contributed by atoms with E-state index in [2.05, 4.69) is 21.9 Å². The van der Waals surface area contributed by atoms with Gasteiger partial charge in [-0.1, -0.05) is 19.8 Å². The Bertz CT molecular complexity index is 497. The predicted molar refractivity (Wildman–Crippen MR) is 82.1 cm³/mol. The molecule has 4 N–H and O–H groups in total. The van der Waals surface area contributed by atoms with E-state index < -0.39 is 0 Å². The molecule has 2 unspecified atom stereocenters. The number of nitrogens with two attached hydrogens (primary N) is 1. The Morgan fingerprint density at radius 2 is 2.10 bits per heavy atom. The van der Waals surface area contributed by atoms with Crippen molar-refractivity contribution in [2.45, 2.75) is 57.5 Å². The monoisotopic (exact) mass is 294 g/mol. The van der Waals surface area contributed by atoms with E-state index in [4.69, 9.17) is 5.73 Å². The summed E-state index contributed by atoms with van der Waals surface area (Å²) in [4.78, 5) is 12.2. The molecule has 1 heterocycles. The highest BCUT2D eigenvalue weighted by atomic mass is 32.1. The lowest BCUT2D eigenvalue weighted by molar-refractivity contribution is 0.0953. The summed E-state index contributed by atoms with van der Waals surface area (Å²) in [7, 11) is 0. The third kappa shape index (κ3) is 3.06. The molecule has 5 nitrogen and oxygen atoms in total. The van der Waals surface area contributed by atoms with Crippen molar-refractivity contribution in [3.05, 3.63) is 5.56 Å². The molecule has 2 atom stereocenters. The number of carbonyl (C=O) groups excluding carboxylic acids is 1. The van der Waals surface area contributed by atoms with Crippen molar-refractivity contribution in [1.82, 2.24) is 9.69 Å². The van der Waals surface area contributed by atoms with Gasteiger partial charge < -0.3 is 16.4 Å². The fourth-order valence-corrected chi connectivity index (χ4v) is 3.65. The van der Waals surface area contributed by atoms with Crippen LogP contribution in [0.1, 0.15) is 55.8 Å². The zero-order valence-electron chi connectivity index (χ0n) is 11.8. The highest BCUT2D eigenvalue weighted by Gasteiger charge is 2.28. The third-order valence-corrected chi connectivity index (χ3v) is 4.92. The maximum Gasteiger partial charge on any atom is 0.258 e. The number of aromatic nitrogens is 1. The van der Waals surface area contributed by atoms with Crippen LogP contribution >= 0.6 is 11.5 Å². The molecule has 0 saturated heterocycles. The van der Waals surface area contributed by atoms with Crippen molar-refractivity contribution in [3.8, 4) is 0 Å². The Balaban J connectivity index is 1.70. The number of nitrogens with one attached hydrogen (secondary N) is 2. The van der Waals surface area contributed by atoms with Crippen LogP contribution in [-0.2, 0) is 0 Å². The van der Waals surface area contributed by atoms with Gasteiger partial charge in [0, 0.05) is 12.1 Å². The molecule has 0 aromatic carbocycles. The van der Waals surface area contributed by atoms with E-state index >= 15 is 0 Å². The molecule has 20 heavy (non-hydrogen) atoms. The molecule has 3 rings (SSSR count). The molecule has 1 aromatic heterocycles. The fourth-order valence-electron chi connectivity index (χ4n) is 2.86. The van der Waals surface area contributed by atoms with E-state index in [0.29, 0.717) is 23.5 Å². The number of amides is 1. The number of hydrogen-bond acceptors (Lipinski definition) is 5. The Morgan fingerprint density at radius 1 is 1.30 bits per heavy atom. The predicted octanol–water partition coefficient (Wildman–Crippen LogP) is 2.61. The normalized spacial score (nSPS) is 26.2. The van der Waals surface area contributed by atoms with Crippen LogP contribution in [0.3, 0.4) is 0 Å². The standard InChI is InChI=1S/C14H22N4OS/c1-8-3-2-4-10(7-8)17-14-11(12(15)18-20-14)13(19)16-9-5-6-9/h8-10,17H,2-7H2,1H3,(H2,15,18)(H,16,19). The number of anilines is 2. The second kappa shape index (κ2) is 5.60. The van der Waals surface area contributed by atoms with Crippen LogP contribution < -0.4 is 16.4 Å². The Hall–Kier alpha value is -1.30. The maximum absolute atomic E-state index is 12.2. The van der Waals surface area contributed by atoms with Gasteiger partial charge in [-0.2, -0.15) is 4.37 Å².